The fourth-order valence-electron chi connectivity index (χ4n) is 4.13. The van der Waals surface area contributed by atoms with Gasteiger partial charge in [-0.05, 0) is 65.9 Å². The van der Waals surface area contributed by atoms with Crippen LogP contribution in [0.25, 0.3) is 0 Å². The molecular weight excluding hydrogens is 453 g/mol. The highest BCUT2D eigenvalue weighted by molar-refractivity contribution is 5.94. The van der Waals surface area contributed by atoms with Gasteiger partial charge in [-0.2, -0.15) is 0 Å². The fraction of sp³-hybridized carbons (Fsp3) is 0.333. The van der Waals surface area contributed by atoms with Crippen LogP contribution in [0.3, 0.4) is 0 Å². The summed E-state index contributed by atoms with van der Waals surface area (Å²) in [7, 11) is 3.88. The molecule has 0 unspecified atom stereocenters. The Morgan fingerprint density at radius 3 is 2.28 bits per heavy atom. The van der Waals surface area contributed by atoms with Gasteiger partial charge in [0.25, 0.3) is 5.91 Å². The summed E-state index contributed by atoms with van der Waals surface area (Å²) >= 11 is 0. The molecule has 5 nitrogen and oxygen atoms in total. The van der Waals surface area contributed by atoms with Crippen LogP contribution in [-0.4, -0.2) is 30.8 Å². The number of amides is 2. The Hall–Kier alpha value is -3.67. The number of carbonyl (C=O) groups excluding carboxylic acids is 2. The van der Waals surface area contributed by atoms with Gasteiger partial charge < -0.3 is 15.1 Å². The van der Waals surface area contributed by atoms with Crippen LogP contribution >= 0.6 is 0 Å². The first-order valence-corrected chi connectivity index (χ1v) is 12.1. The van der Waals surface area contributed by atoms with Gasteiger partial charge in [-0.3, -0.25) is 9.59 Å². The van der Waals surface area contributed by atoms with E-state index in [-0.39, 0.29) is 29.6 Å². The highest BCUT2D eigenvalue weighted by Crippen LogP contribution is 2.27. The number of benzene rings is 3. The Bertz CT molecular complexity index is 1230. The zero-order chi connectivity index (χ0) is 26.5. The molecule has 2 amide bonds. The van der Waals surface area contributed by atoms with Gasteiger partial charge in [0.05, 0.1) is 0 Å². The molecule has 0 saturated heterocycles. The number of hydrogen-bond acceptors (Lipinski definition) is 3. The van der Waals surface area contributed by atoms with E-state index < -0.39 is 0 Å². The van der Waals surface area contributed by atoms with E-state index in [1.807, 2.05) is 89.2 Å². The number of aryl methyl sites for hydroxylation is 1. The van der Waals surface area contributed by atoms with Crippen molar-refractivity contribution in [1.29, 1.82) is 0 Å². The molecule has 0 spiro atoms. The lowest BCUT2D eigenvalue weighted by Crippen LogP contribution is -2.31. The van der Waals surface area contributed by atoms with Crippen molar-refractivity contribution in [2.45, 2.75) is 47.2 Å². The number of nitrogens with zero attached hydrogens (tertiary/aromatic N) is 2. The molecule has 36 heavy (non-hydrogen) atoms. The summed E-state index contributed by atoms with van der Waals surface area (Å²) in [5, 5.41) is 2.99. The fourth-order valence-corrected chi connectivity index (χ4v) is 4.13. The second-order valence-electron chi connectivity index (χ2n) is 10.7. The van der Waals surface area contributed by atoms with Crippen LogP contribution in [0.15, 0.2) is 66.7 Å². The van der Waals surface area contributed by atoms with Crippen molar-refractivity contribution in [3.8, 4) is 0 Å². The van der Waals surface area contributed by atoms with Gasteiger partial charge in [0.1, 0.15) is 5.82 Å². The maximum absolute atomic E-state index is 13.9. The van der Waals surface area contributed by atoms with Crippen molar-refractivity contribution in [1.82, 2.24) is 4.90 Å². The lowest BCUT2D eigenvalue weighted by molar-refractivity contribution is -0.117. The minimum Gasteiger partial charge on any atom is -0.377 e. The Labute approximate surface area is 213 Å². The normalized spacial score (nSPS) is 11.2. The molecule has 0 saturated carbocycles. The summed E-state index contributed by atoms with van der Waals surface area (Å²) in [6.45, 7) is 8.55. The van der Waals surface area contributed by atoms with Gasteiger partial charge in [0.15, 0.2) is 0 Å². The lowest BCUT2D eigenvalue weighted by Gasteiger charge is -2.27. The zero-order valence-corrected chi connectivity index (χ0v) is 22.1. The SMILES string of the molecule is Cc1cccc(C(=O)N(Cc2cccc(F)c2)Cc2cc(NC(=O)CC(C)(C)C)ccc2N(C)C)c1. The van der Waals surface area contributed by atoms with E-state index in [0.717, 1.165) is 16.8 Å². The number of nitrogens with one attached hydrogen (secondary N) is 1. The van der Waals surface area contributed by atoms with E-state index in [0.29, 0.717) is 29.8 Å². The third-order valence-electron chi connectivity index (χ3n) is 5.71. The van der Waals surface area contributed by atoms with E-state index in [4.69, 9.17) is 0 Å². The number of halogens is 1. The first-order chi connectivity index (χ1) is 16.9. The second-order valence-corrected chi connectivity index (χ2v) is 10.7. The zero-order valence-electron chi connectivity index (χ0n) is 22.1. The lowest BCUT2D eigenvalue weighted by atomic mass is 9.92. The van der Waals surface area contributed by atoms with E-state index in [2.05, 4.69) is 5.32 Å². The number of hydrogen-bond donors (Lipinski definition) is 1. The largest absolute Gasteiger partial charge is 0.377 e. The van der Waals surface area contributed by atoms with Gasteiger partial charge in [0, 0.05) is 50.5 Å². The molecule has 0 bridgehead atoms. The van der Waals surface area contributed by atoms with Gasteiger partial charge in [-0.15, -0.1) is 0 Å². The molecule has 0 aliphatic carbocycles. The third-order valence-corrected chi connectivity index (χ3v) is 5.71. The quantitative estimate of drug-likeness (QED) is 0.397. The van der Waals surface area contributed by atoms with Gasteiger partial charge in [-0.1, -0.05) is 50.6 Å². The Morgan fingerprint density at radius 2 is 1.64 bits per heavy atom. The average molecular weight is 490 g/mol. The summed E-state index contributed by atoms with van der Waals surface area (Å²) in [5.74, 6) is -0.540. The summed E-state index contributed by atoms with van der Waals surface area (Å²) in [6, 6.07) is 19.5. The topological polar surface area (TPSA) is 52.7 Å². The van der Waals surface area contributed by atoms with Crippen LogP contribution < -0.4 is 10.2 Å². The van der Waals surface area contributed by atoms with Gasteiger partial charge in [0.2, 0.25) is 5.91 Å². The van der Waals surface area contributed by atoms with Crippen LogP contribution in [0, 0.1) is 18.2 Å². The number of anilines is 2. The number of rotatable bonds is 8. The molecule has 1 N–H and O–H groups in total. The molecular formula is C30H36FN3O2. The monoisotopic (exact) mass is 489 g/mol. The number of carbonyl (C=O) groups is 2. The summed E-state index contributed by atoms with van der Waals surface area (Å²) in [5.41, 5.74) is 4.64. The van der Waals surface area contributed by atoms with Crippen LogP contribution in [-0.2, 0) is 17.9 Å². The molecule has 0 aliphatic heterocycles. The Balaban J connectivity index is 1.97. The van der Waals surface area contributed by atoms with Crippen molar-refractivity contribution in [2.24, 2.45) is 5.41 Å². The van der Waals surface area contributed by atoms with Crippen molar-refractivity contribution in [3.63, 3.8) is 0 Å². The van der Waals surface area contributed by atoms with E-state index in [9.17, 15) is 14.0 Å². The molecule has 0 aromatic heterocycles. The first-order valence-electron chi connectivity index (χ1n) is 12.1. The first kappa shape index (κ1) is 26.9. The molecule has 0 atom stereocenters. The smallest absolute Gasteiger partial charge is 0.254 e. The van der Waals surface area contributed by atoms with E-state index >= 15 is 0 Å². The molecule has 3 aromatic rings. The third kappa shape index (κ3) is 7.67. The molecule has 190 valence electrons. The summed E-state index contributed by atoms with van der Waals surface area (Å²) in [6.07, 6.45) is 0.398. The predicted molar refractivity (Wildman–Crippen MR) is 145 cm³/mol. The molecule has 3 rings (SSSR count). The molecule has 0 heterocycles. The van der Waals surface area contributed by atoms with Crippen LogP contribution in [0.1, 0.15) is 54.2 Å². The van der Waals surface area contributed by atoms with Gasteiger partial charge in [-0.25, -0.2) is 4.39 Å². The molecule has 0 aliphatic rings. The van der Waals surface area contributed by atoms with Crippen molar-refractivity contribution in [3.05, 3.63) is 94.8 Å². The highest BCUT2D eigenvalue weighted by atomic mass is 19.1. The minimum absolute atomic E-state index is 0.0569. The summed E-state index contributed by atoms with van der Waals surface area (Å²) in [4.78, 5) is 29.9. The van der Waals surface area contributed by atoms with E-state index in [1.54, 1.807) is 17.0 Å². The highest BCUT2D eigenvalue weighted by Gasteiger charge is 2.21. The summed E-state index contributed by atoms with van der Waals surface area (Å²) < 4.78 is 13.9. The second kappa shape index (κ2) is 11.4. The molecule has 0 fully saturated rings. The minimum atomic E-state index is -0.340. The van der Waals surface area contributed by atoms with E-state index in [1.165, 1.54) is 12.1 Å². The standard InChI is InChI=1S/C30H36FN3O2/c1-21-9-7-11-23(15-21)29(36)34(19-22-10-8-12-25(31)16-22)20-24-17-26(13-14-27(24)33(5)6)32-28(35)18-30(2,3)4/h7-17H,18-20H2,1-6H3,(H,32,35). The Morgan fingerprint density at radius 1 is 0.917 bits per heavy atom. The van der Waals surface area contributed by atoms with Crippen molar-refractivity contribution in [2.75, 3.05) is 24.3 Å². The van der Waals surface area contributed by atoms with Crippen LogP contribution in [0.5, 0.6) is 0 Å². The maximum atomic E-state index is 13.9. The van der Waals surface area contributed by atoms with Crippen LogP contribution in [0.4, 0.5) is 15.8 Å². The van der Waals surface area contributed by atoms with Crippen molar-refractivity contribution >= 4 is 23.2 Å². The Kier molecular flexibility index (Phi) is 8.51. The molecule has 0 radical (unpaired) electrons. The maximum Gasteiger partial charge on any atom is 0.254 e. The molecule has 6 heteroatoms. The van der Waals surface area contributed by atoms with Crippen LogP contribution in [0.2, 0.25) is 0 Å². The molecule has 3 aromatic carbocycles. The average Bonchev–Trinajstić information content (AvgIpc) is 2.77. The predicted octanol–water partition coefficient (Wildman–Crippen LogP) is 6.42. The van der Waals surface area contributed by atoms with Crippen molar-refractivity contribution < 1.29 is 14.0 Å². The van der Waals surface area contributed by atoms with Gasteiger partial charge >= 0.3 is 0 Å².